The Morgan fingerprint density at radius 3 is 2.62 bits per heavy atom. The highest BCUT2D eigenvalue weighted by Gasteiger charge is 2.26. The molecule has 0 atom stereocenters. The minimum atomic E-state index is -0.405. The molecule has 126 valence electrons. The standard InChI is InChI=1S/C17H18ClFN4O/c1-11-2-3-14(13(19)10-11)20-17(24)12-6-8-23(9-7-12)16-5-4-15(18)21-22-16/h2-5,10,12H,6-9H2,1H3,(H,20,24). The van der Waals surface area contributed by atoms with Crippen LogP contribution in [0.1, 0.15) is 18.4 Å². The van der Waals surface area contributed by atoms with E-state index in [0.29, 0.717) is 31.1 Å². The monoisotopic (exact) mass is 348 g/mol. The number of anilines is 2. The first-order valence-electron chi connectivity index (χ1n) is 7.84. The van der Waals surface area contributed by atoms with Crippen molar-refractivity contribution in [3.8, 4) is 0 Å². The third-order valence-electron chi connectivity index (χ3n) is 4.19. The number of halogens is 2. The molecule has 0 unspecified atom stereocenters. The molecule has 1 fully saturated rings. The molecule has 0 radical (unpaired) electrons. The Morgan fingerprint density at radius 1 is 1.25 bits per heavy atom. The van der Waals surface area contributed by atoms with Crippen LogP contribution in [-0.4, -0.2) is 29.2 Å². The first-order chi connectivity index (χ1) is 11.5. The number of nitrogens with one attached hydrogen (secondary N) is 1. The van der Waals surface area contributed by atoms with Crippen molar-refractivity contribution >= 4 is 29.0 Å². The van der Waals surface area contributed by atoms with Gasteiger partial charge in [0.15, 0.2) is 11.0 Å². The summed E-state index contributed by atoms with van der Waals surface area (Å²) in [7, 11) is 0. The molecule has 7 heteroatoms. The fraction of sp³-hybridized carbons (Fsp3) is 0.353. The van der Waals surface area contributed by atoms with Gasteiger partial charge >= 0.3 is 0 Å². The maximum Gasteiger partial charge on any atom is 0.227 e. The summed E-state index contributed by atoms with van der Waals surface area (Å²) in [5.41, 5.74) is 1.06. The molecule has 1 aromatic carbocycles. The van der Waals surface area contributed by atoms with Crippen LogP contribution in [0.3, 0.4) is 0 Å². The molecule has 0 saturated carbocycles. The highest BCUT2D eigenvalue weighted by Crippen LogP contribution is 2.24. The Labute approximate surface area is 144 Å². The summed E-state index contributed by atoms with van der Waals surface area (Å²) < 4.78 is 13.8. The Kier molecular flexibility index (Phi) is 4.94. The predicted octanol–water partition coefficient (Wildman–Crippen LogP) is 3.43. The lowest BCUT2D eigenvalue weighted by atomic mass is 9.95. The number of rotatable bonds is 3. The maximum atomic E-state index is 13.8. The minimum Gasteiger partial charge on any atom is -0.355 e. The molecule has 0 spiro atoms. The zero-order valence-corrected chi connectivity index (χ0v) is 14.1. The summed E-state index contributed by atoms with van der Waals surface area (Å²) in [6.45, 7) is 3.21. The molecule has 1 N–H and O–H groups in total. The molecule has 1 saturated heterocycles. The molecule has 24 heavy (non-hydrogen) atoms. The number of piperidine rings is 1. The zero-order chi connectivity index (χ0) is 17.1. The average Bonchev–Trinajstić information content (AvgIpc) is 2.58. The molecule has 0 bridgehead atoms. The summed E-state index contributed by atoms with van der Waals surface area (Å²) in [5, 5.41) is 10.9. The number of nitrogens with zero attached hydrogens (tertiary/aromatic N) is 3. The number of carbonyl (C=O) groups is 1. The van der Waals surface area contributed by atoms with Crippen LogP contribution < -0.4 is 10.2 Å². The summed E-state index contributed by atoms with van der Waals surface area (Å²) in [5.74, 6) is 0.0712. The van der Waals surface area contributed by atoms with Gasteiger partial charge in [-0.05, 0) is 49.6 Å². The number of aromatic nitrogens is 2. The van der Waals surface area contributed by atoms with E-state index in [1.807, 2.05) is 13.0 Å². The zero-order valence-electron chi connectivity index (χ0n) is 13.3. The largest absolute Gasteiger partial charge is 0.355 e. The second-order valence-corrected chi connectivity index (χ2v) is 6.34. The van der Waals surface area contributed by atoms with Crippen LogP contribution in [0.2, 0.25) is 5.15 Å². The van der Waals surface area contributed by atoms with Crippen LogP contribution in [-0.2, 0) is 4.79 Å². The fourth-order valence-corrected chi connectivity index (χ4v) is 2.91. The Bertz CT molecular complexity index is 730. The van der Waals surface area contributed by atoms with Gasteiger partial charge in [-0.2, -0.15) is 0 Å². The van der Waals surface area contributed by atoms with Crippen molar-refractivity contribution in [1.82, 2.24) is 10.2 Å². The van der Waals surface area contributed by atoms with Crippen molar-refractivity contribution in [2.75, 3.05) is 23.3 Å². The Hall–Kier alpha value is -2.21. The normalized spacial score (nSPS) is 15.4. The smallest absolute Gasteiger partial charge is 0.227 e. The van der Waals surface area contributed by atoms with Gasteiger partial charge in [-0.3, -0.25) is 4.79 Å². The van der Waals surface area contributed by atoms with E-state index in [1.165, 1.54) is 6.07 Å². The predicted molar refractivity (Wildman–Crippen MR) is 91.7 cm³/mol. The van der Waals surface area contributed by atoms with Gasteiger partial charge in [0.1, 0.15) is 5.82 Å². The highest BCUT2D eigenvalue weighted by atomic mass is 35.5. The van der Waals surface area contributed by atoms with E-state index in [4.69, 9.17) is 11.6 Å². The molecule has 1 aromatic heterocycles. The number of amides is 1. The van der Waals surface area contributed by atoms with Crippen molar-refractivity contribution < 1.29 is 9.18 Å². The summed E-state index contributed by atoms with van der Waals surface area (Å²) in [6, 6.07) is 8.30. The van der Waals surface area contributed by atoms with Crippen molar-refractivity contribution in [2.24, 2.45) is 5.92 Å². The third-order valence-corrected chi connectivity index (χ3v) is 4.39. The van der Waals surface area contributed by atoms with Crippen LogP contribution in [0, 0.1) is 18.7 Å². The number of hydrogen-bond donors (Lipinski definition) is 1. The molecular formula is C17H18ClFN4O. The van der Waals surface area contributed by atoms with E-state index in [0.717, 1.165) is 11.4 Å². The van der Waals surface area contributed by atoms with E-state index >= 15 is 0 Å². The SMILES string of the molecule is Cc1ccc(NC(=O)C2CCN(c3ccc(Cl)nn3)CC2)c(F)c1. The highest BCUT2D eigenvalue weighted by molar-refractivity contribution is 6.29. The lowest BCUT2D eigenvalue weighted by Gasteiger charge is -2.31. The molecule has 3 rings (SSSR count). The van der Waals surface area contributed by atoms with E-state index in [1.54, 1.807) is 18.2 Å². The minimum absolute atomic E-state index is 0.137. The molecule has 1 aliphatic heterocycles. The van der Waals surface area contributed by atoms with Gasteiger partial charge in [0.25, 0.3) is 0 Å². The number of hydrogen-bond acceptors (Lipinski definition) is 4. The number of aryl methyl sites for hydroxylation is 1. The summed E-state index contributed by atoms with van der Waals surface area (Å²) >= 11 is 5.74. The van der Waals surface area contributed by atoms with Crippen LogP contribution in [0.4, 0.5) is 15.9 Å². The van der Waals surface area contributed by atoms with Gasteiger partial charge in [0.05, 0.1) is 5.69 Å². The first kappa shape index (κ1) is 16.6. The lowest BCUT2D eigenvalue weighted by molar-refractivity contribution is -0.120. The number of benzene rings is 1. The van der Waals surface area contributed by atoms with E-state index in [2.05, 4.69) is 20.4 Å². The van der Waals surface area contributed by atoms with E-state index < -0.39 is 5.82 Å². The van der Waals surface area contributed by atoms with E-state index in [9.17, 15) is 9.18 Å². The summed E-state index contributed by atoms with van der Waals surface area (Å²) in [6.07, 6.45) is 1.37. The van der Waals surface area contributed by atoms with Gasteiger partial charge in [-0.1, -0.05) is 17.7 Å². The molecule has 2 heterocycles. The third kappa shape index (κ3) is 3.82. The molecular weight excluding hydrogens is 331 g/mol. The maximum absolute atomic E-state index is 13.8. The van der Waals surface area contributed by atoms with Gasteiger partial charge in [0, 0.05) is 19.0 Å². The van der Waals surface area contributed by atoms with Gasteiger partial charge < -0.3 is 10.2 Å². The van der Waals surface area contributed by atoms with Crippen molar-refractivity contribution in [2.45, 2.75) is 19.8 Å². The van der Waals surface area contributed by atoms with Crippen molar-refractivity contribution in [1.29, 1.82) is 0 Å². The quantitative estimate of drug-likeness (QED) is 0.923. The second-order valence-electron chi connectivity index (χ2n) is 5.95. The van der Waals surface area contributed by atoms with E-state index in [-0.39, 0.29) is 17.5 Å². The molecule has 1 aliphatic rings. The summed E-state index contributed by atoms with van der Waals surface area (Å²) in [4.78, 5) is 14.4. The van der Waals surface area contributed by atoms with Crippen LogP contribution in [0.5, 0.6) is 0 Å². The second kappa shape index (κ2) is 7.13. The van der Waals surface area contributed by atoms with Gasteiger partial charge in [0.2, 0.25) is 5.91 Å². The van der Waals surface area contributed by atoms with Crippen LogP contribution >= 0.6 is 11.6 Å². The van der Waals surface area contributed by atoms with Crippen LogP contribution in [0.15, 0.2) is 30.3 Å². The topological polar surface area (TPSA) is 58.1 Å². The average molecular weight is 349 g/mol. The van der Waals surface area contributed by atoms with Crippen LogP contribution in [0.25, 0.3) is 0 Å². The van der Waals surface area contributed by atoms with Crippen molar-refractivity contribution in [3.63, 3.8) is 0 Å². The lowest BCUT2D eigenvalue weighted by Crippen LogP contribution is -2.38. The molecule has 0 aliphatic carbocycles. The fourth-order valence-electron chi connectivity index (χ4n) is 2.80. The molecule has 1 amide bonds. The number of carbonyl (C=O) groups excluding carboxylic acids is 1. The molecule has 2 aromatic rings. The van der Waals surface area contributed by atoms with Crippen molar-refractivity contribution in [3.05, 3.63) is 46.9 Å². The Balaban J connectivity index is 1.58. The Morgan fingerprint density at radius 2 is 2.00 bits per heavy atom. The van der Waals surface area contributed by atoms with Gasteiger partial charge in [-0.25, -0.2) is 4.39 Å². The molecule has 5 nitrogen and oxygen atoms in total. The first-order valence-corrected chi connectivity index (χ1v) is 8.22. The van der Waals surface area contributed by atoms with Gasteiger partial charge in [-0.15, -0.1) is 10.2 Å².